The summed E-state index contributed by atoms with van der Waals surface area (Å²) in [6.45, 7) is 3.98. The number of carbonyl (C=O) groups excluding carboxylic acids is 1. The van der Waals surface area contributed by atoms with Gasteiger partial charge in [0.2, 0.25) is 15.9 Å². The summed E-state index contributed by atoms with van der Waals surface area (Å²) in [5.74, 6) is -0.161. The lowest BCUT2D eigenvalue weighted by molar-refractivity contribution is -0.121. The van der Waals surface area contributed by atoms with E-state index < -0.39 is 10.0 Å². The van der Waals surface area contributed by atoms with Gasteiger partial charge in [0, 0.05) is 30.6 Å². The van der Waals surface area contributed by atoms with Gasteiger partial charge in [-0.25, -0.2) is 8.42 Å². The number of benzene rings is 1. The van der Waals surface area contributed by atoms with Crippen molar-refractivity contribution >= 4 is 32.5 Å². The Kier molecular flexibility index (Phi) is 5.77. The van der Waals surface area contributed by atoms with E-state index >= 15 is 0 Å². The summed E-state index contributed by atoms with van der Waals surface area (Å²) < 4.78 is 25.7. The zero-order valence-corrected chi connectivity index (χ0v) is 15.0. The van der Waals surface area contributed by atoms with Crippen LogP contribution in [-0.2, 0) is 14.8 Å². The van der Waals surface area contributed by atoms with Gasteiger partial charge in [-0.2, -0.15) is 0 Å². The van der Waals surface area contributed by atoms with Crippen LogP contribution in [0.3, 0.4) is 0 Å². The zero-order valence-electron chi connectivity index (χ0n) is 14.2. The van der Waals surface area contributed by atoms with Crippen molar-refractivity contribution in [1.29, 1.82) is 0 Å². The molecule has 2 aromatic rings. The highest BCUT2D eigenvalue weighted by molar-refractivity contribution is 7.92. The van der Waals surface area contributed by atoms with Gasteiger partial charge < -0.3 is 5.32 Å². The number of pyridine rings is 1. The van der Waals surface area contributed by atoms with Crippen molar-refractivity contribution in [2.45, 2.75) is 32.7 Å². The zero-order chi connectivity index (χ0) is 17.7. The number of para-hydroxylation sites is 1. The summed E-state index contributed by atoms with van der Waals surface area (Å²) in [5.41, 5.74) is 1.10. The normalized spacial score (nSPS) is 12.8. The lowest BCUT2D eigenvalue weighted by atomic mass is 10.2. The quantitative estimate of drug-likeness (QED) is 0.832. The molecule has 0 aliphatic carbocycles. The third-order valence-electron chi connectivity index (χ3n) is 3.84. The van der Waals surface area contributed by atoms with Gasteiger partial charge in [0.05, 0.1) is 17.5 Å². The molecule has 0 bridgehead atoms. The molecule has 0 spiro atoms. The van der Waals surface area contributed by atoms with Crippen molar-refractivity contribution in [2.75, 3.05) is 17.1 Å². The number of hydrogen-bond donors (Lipinski definition) is 1. The average molecular weight is 349 g/mol. The van der Waals surface area contributed by atoms with Crippen molar-refractivity contribution in [3.63, 3.8) is 0 Å². The first-order valence-corrected chi connectivity index (χ1v) is 9.78. The van der Waals surface area contributed by atoms with E-state index in [1.807, 2.05) is 26.0 Å². The van der Waals surface area contributed by atoms with Crippen LogP contribution in [-0.4, -0.2) is 38.2 Å². The molecule has 0 fully saturated rings. The smallest absolute Gasteiger partial charge is 0.232 e. The Morgan fingerprint density at radius 3 is 2.67 bits per heavy atom. The van der Waals surface area contributed by atoms with Crippen LogP contribution in [0, 0.1) is 0 Å². The molecule has 1 heterocycles. The van der Waals surface area contributed by atoms with Gasteiger partial charge in [0.1, 0.15) is 0 Å². The molecule has 6 nitrogen and oxygen atoms in total. The Morgan fingerprint density at radius 1 is 1.29 bits per heavy atom. The standard InChI is InChI=1S/C17H23N3O3S/c1-4-13(2)19-16(21)10-12-20(24(3,22)23)15-9-5-7-14-8-6-11-18-17(14)15/h5-9,11,13H,4,10,12H2,1-3H3,(H,19,21). The molecule has 1 aromatic carbocycles. The predicted molar refractivity (Wildman–Crippen MR) is 96.4 cm³/mol. The van der Waals surface area contributed by atoms with E-state index in [9.17, 15) is 13.2 Å². The lowest BCUT2D eigenvalue weighted by Crippen LogP contribution is -2.37. The summed E-state index contributed by atoms with van der Waals surface area (Å²) in [5, 5.41) is 3.70. The van der Waals surface area contributed by atoms with Crippen molar-refractivity contribution in [2.24, 2.45) is 0 Å². The van der Waals surface area contributed by atoms with E-state index in [-0.39, 0.29) is 24.9 Å². The maximum atomic E-state index is 12.2. The number of aromatic nitrogens is 1. The van der Waals surface area contributed by atoms with E-state index in [1.54, 1.807) is 24.4 Å². The minimum Gasteiger partial charge on any atom is -0.354 e. The third-order valence-corrected chi connectivity index (χ3v) is 5.02. The van der Waals surface area contributed by atoms with Gasteiger partial charge in [0.15, 0.2) is 0 Å². The summed E-state index contributed by atoms with van der Waals surface area (Å²) in [4.78, 5) is 16.3. The van der Waals surface area contributed by atoms with Crippen LogP contribution in [0.5, 0.6) is 0 Å². The van der Waals surface area contributed by atoms with E-state index in [1.165, 1.54) is 4.31 Å². The van der Waals surface area contributed by atoms with Crippen LogP contribution < -0.4 is 9.62 Å². The number of sulfonamides is 1. The monoisotopic (exact) mass is 349 g/mol. The number of hydrogen-bond acceptors (Lipinski definition) is 4. The second-order valence-corrected chi connectivity index (χ2v) is 7.72. The molecule has 1 atom stereocenters. The molecule has 0 aliphatic heterocycles. The molecule has 0 saturated heterocycles. The molecule has 7 heteroatoms. The second kappa shape index (κ2) is 7.61. The fourth-order valence-corrected chi connectivity index (χ4v) is 3.33. The first kappa shape index (κ1) is 18.2. The molecule has 1 N–H and O–H groups in total. The second-order valence-electron chi connectivity index (χ2n) is 5.81. The van der Waals surface area contributed by atoms with Crippen molar-refractivity contribution in [3.05, 3.63) is 36.5 Å². The van der Waals surface area contributed by atoms with Gasteiger partial charge in [-0.15, -0.1) is 0 Å². The predicted octanol–water partition coefficient (Wildman–Crippen LogP) is 2.31. The molecule has 130 valence electrons. The summed E-state index contributed by atoms with van der Waals surface area (Å²) in [6, 6.07) is 9.13. The molecule has 24 heavy (non-hydrogen) atoms. The minimum absolute atomic E-state index is 0.0726. The fourth-order valence-electron chi connectivity index (χ4n) is 2.41. The SMILES string of the molecule is CCC(C)NC(=O)CCN(c1cccc2cccnc12)S(C)(=O)=O. The van der Waals surface area contributed by atoms with Crippen LogP contribution in [0.2, 0.25) is 0 Å². The molecule has 0 aliphatic rings. The Morgan fingerprint density at radius 2 is 2.00 bits per heavy atom. The van der Waals surface area contributed by atoms with Crippen LogP contribution in [0.15, 0.2) is 36.5 Å². The van der Waals surface area contributed by atoms with Crippen LogP contribution in [0.25, 0.3) is 10.9 Å². The number of amides is 1. The van der Waals surface area contributed by atoms with Gasteiger partial charge in [0.25, 0.3) is 0 Å². The first-order valence-electron chi connectivity index (χ1n) is 7.93. The van der Waals surface area contributed by atoms with E-state index in [2.05, 4.69) is 10.3 Å². The van der Waals surface area contributed by atoms with Crippen molar-refractivity contribution in [3.8, 4) is 0 Å². The van der Waals surface area contributed by atoms with E-state index in [0.29, 0.717) is 11.2 Å². The number of nitrogens with one attached hydrogen (secondary N) is 1. The highest BCUT2D eigenvalue weighted by atomic mass is 32.2. The van der Waals surface area contributed by atoms with Gasteiger partial charge in [-0.3, -0.25) is 14.1 Å². The van der Waals surface area contributed by atoms with E-state index in [0.717, 1.165) is 18.1 Å². The third kappa shape index (κ3) is 4.44. The molecule has 2 rings (SSSR count). The largest absolute Gasteiger partial charge is 0.354 e. The lowest BCUT2D eigenvalue weighted by Gasteiger charge is -2.23. The average Bonchev–Trinajstić information content (AvgIpc) is 2.53. The van der Waals surface area contributed by atoms with Crippen molar-refractivity contribution in [1.82, 2.24) is 10.3 Å². The Bertz CT molecular complexity index is 815. The fraction of sp³-hybridized carbons (Fsp3) is 0.412. The molecule has 1 amide bonds. The van der Waals surface area contributed by atoms with Crippen LogP contribution in [0.1, 0.15) is 26.7 Å². The maximum Gasteiger partial charge on any atom is 0.232 e. The number of rotatable bonds is 7. The maximum absolute atomic E-state index is 12.2. The van der Waals surface area contributed by atoms with Crippen molar-refractivity contribution < 1.29 is 13.2 Å². The van der Waals surface area contributed by atoms with Gasteiger partial charge >= 0.3 is 0 Å². The highest BCUT2D eigenvalue weighted by Crippen LogP contribution is 2.26. The number of fused-ring (bicyclic) bond motifs is 1. The summed E-state index contributed by atoms with van der Waals surface area (Å²) in [6.07, 6.45) is 3.69. The Balaban J connectivity index is 2.28. The molecular weight excluding hydrogens is 326 g/mol. The molecule has 1 aromatic heterocycles. The van der Waals surface area contributed by atoms with E-state index in [4.69, 9.17) is 0 Å². The summed E-state index contributed by atoms with van der Waals surface area (Å²) >= 11 is 0. The summed E-state index contributed by atoms with van der Waals surface area (Å²) in [7, 11) is -3.53. The minimum atomic E-state index is -3.53. The first-order chi connectivity index (χ1) is 11.3. The number of nitrogens with zero attached hydrogens (tertiary/aromatic N) is 2. The van der Waals surface area contributed by atoms with Crippen LogP contribution in [0.4, 0.5) is 5.69 Å². The number of anilines is 1. The van der Waals surface area contributed by atoms with Gasteiger partial charge in [-0.05, 0) is 25.5 Å². The van der Waals surface area contributed by atoms with Crippen LogP contribution >= 0.6 is 0 Å². The topological polar surface area (TPSA) is 79.4 Å². The van der Waals surface area contributed by atoms with Gasteiger partial charge in [-0.1, -0.05) is 25.1 Å². The highest BCUT2D eigenvalue weighted by Gasteiger charge is 2.21. The Labute approximate surface area is 142 Å². The molecule has 1 unspecified atom stereocenters. The molecular formula is C17H23N3O3S. The number of carbonyl (C=O) groups is 1. The molecule has 0 saturated carbocycles. The Hall–Kier alpha value is -2.15. The molecule has 0 radical (unpaired) electrons.